The zero-order valence-corrected chi connectivity index (χ0v) is 50.9. The zero-order chi connectivity index (χ0) is 44.2. The van der Waals surface area contributed by atoms with Crippen molar-refractivity contribution in [3.8, 4) is 0 Å². The maximum absolute atomic E-state index is 11.6. The largest absolute Gasteiger partial charge is 0.810 e. The Balaban J connectivity index is -0.000000144. The van der Waals surface area contributed by atoms with E-state index in [0.29, 0.717) is 19.6 Å². The summed E-state index contributed by atoms with van der Waals surface area (Å²) in [6, 6.07) is 0. The Kier molecular flexibility index (Phi) is 77.2. The summed E-state index contributed by atoms with van der Waals surface area (Å²) in [6.07, 6.45) is -11.6. The Labute approximate surface area is 412 Å². The smallest absolute Gasteiger partial charge is 0.0264 e. The maximum atomic E-state index is 11.6. The van der Waals surface area contributed by atoms with Crippen molar-refractivity contribution in [1.29, 1.82) is 0 Å². The molecule has 0 bridgehead atoms. The number of hydrogen-bond acceptors (Lipinski definition) is 30. The quantitative estimate of drug-likeness (QED) is 0.0287. The lowest BCUT2D eigenvalue weighted by Crippen LogP contribution is -2.47. The molecule has 45 nitrogen and oxygen atoms in total. The molecule has 458 valence electrons. The van der Waals surface area contributed by atoms with E-state index in [-0.39, 0.29) is 92.3 Å². The monoisotopic (exact) mass is 1240 g/mol. The summed E-state index contributed by atoms with van der Waals surface area (Å²) in [5.74, 6) is 0. The molecule has 0 aromatic rings. The Morgan fingerprint density at radius 2 is 0.239 bits per heavy atom. The highest BCUT2D eigenvalue weighted by Gasteiger charge is 2.19. The molecule has 0 saturated heterocycles. The first-order valence-corrected chi connectivity index (χ1v) is 28.9. The lowest BCUT2D eigenvalue weighted by molar-refractivity contribution is -0.321. The van der Waals surface area contributed by atoms with Gasteiger partial charge >= 0.3 is 0 Å². The molecule has 0 aliphatic carbocycles. The van der Waals surface area contributed by atoms with Crippen molar-refractivity contribution < 1.29 is 115 Å². The van der Waals surface area contributed by atoms with Gasteiger partial charge in [0.1, 0.15) is 0 Å². The summed E-state index contributed by atoms with van der Waals surface area (Å²) < 4.78 is 91.0. The van der Waals surface area contributed by atoms with E-state index in [0.717, 1.165) is 9.80 Å². The highest BCUT2D eigenvalue weighted by Crippen LogP contribution is 2.33. The molecule has 0 rings (SSSR count). The van der Waals surface area contributed by atoms with Crippen LogP contribution in [0.4, 0.5) is 0 Å². The van der Waals surface area contributed by atoms with Gasteiger partial charge in [0.25, 0.3) is 0 Å². The van der Waals surface area contributed by atoms with Crippen LogP contribution in [0.2, 0.25) is 0 Å². The molecule has 60 N–H and O–H groups in total. The molecule has 0 atom stereocenters. The fourth-order valence-electron chi connectivity index (χ4n) is 4.76. The van der Waals surface area contributed by atoms with E-state index in [1.807, 2.05) is 0 Å². The topological polar surface area (TPSA) is 1070 Å². The van der Waals surface area contributed by atoms with Crippen LogP contribution in [-0.2, 0) is 36.5 Å². The maximum Gasteiger partial charge on any atom is 0.0264 e. The number of nitrogens with zero attached hydrogens (tertiary/aromatic N) is 6. The SMILES string of the molecule is O=P([O-])([O-])CN(CCN(CCN(CCN(CP(=O)([O-])[O-])CP(=O)([O-])[O-])CP(=O)([O-])[O-])CP(=O)([O-])[O-])CCN(CCN(CP(=O)([O-])[O-])CP(=O)([O-])[O-])CP(=O)([O-])[O-].[NH4+].[NH4+].[NH4+].[NH4+].[NH4+].[NH4+].[NH4+].[NH4+].[NH4+].[NH4+].[NH4+].[NH4+].[NH4+].[NH4+].[NH4+]. The van der Waals surface area contributed by atoms with Crippen molar-refractivity contribution in [2.45, 2.75) is 0 Å². The fourth-order valence-corrected chi connectivity index (χ4v) is 11.1. The second-order valence-electron chi connectivity index (χ2n) is 12.3. The Hall–Kier alpha value is 0.360. The molecule has 0 heterocycles. The summed E-state index contributed by atoms with van der Waals surface area (Å²) >= 11 is 0. The molecule has 0 aliphatic heterocycles. The summed E-state index contributed by atoms with van der Waals surface area (Å²) in [7, 11) is -44.1. The Morgan fingerprint density at radius 3 is 0.324 bits per heavy atom. The minimum Gasteiger partial charge on any atom is -0.810 e. The van der Waals surface area contributed by atoms with Gasteiger partial charge in [0.05, 0.1) is 0 Å². The van der Waals surface area contributed by atoms with Crippen molar-refractivity contribution in [2.24, 2.45) is 0 Å². The van der Waals surface area contributed by atoms with Crippen LogP contribution in [-0.4, -0.2) is 145 Å². The van der Waals surface area contributed by atoms with Crippen LogP contribution in [0.5, 0.6) is 0 Å². The molecule has 53 heteroatoms. The van der Waals surface area contributed by atoms with Gasteiger partial charge in [-0.2, -0.15) is 0 Å². The van der Waals surface area contributed by atoms with Crippen LogP contribution in [0.1, 0.15) is 0 Å². The average molecular weight is 1240 g/mol. The van der Waals surface area contributed by atoms with Gasteiger partial charge in [-0.05, 0) is 0 Å². The molecule has 0 aromatic carbocycles. The van der Waals surface area contributed by atoms with Crippen LogP contribution in [0, 0.1) is 0 Å². The second kappa shape index (κ2) is 47.6. The molecule has 0 amide bonds. The van der Waals surface area contributed by atoms with Crippen molar-refractivity contribution >= 4 is 60.8 Å². The van der Waals surface area contributed by atoms with Gasteiger partial charge in [0.15, 0.2) is 0 Å². The lowest BCUT2D eigenvalue weighted by Gasteiger charge is -2.43. The first kappa shape index (κ1) is 115. The molecule has 0 spiro atoms. The van der Waals surface area contributed by atoms with Crippen molar-refractivity contribution in [3.05, 3.63) is 0 Å². The Morgan fingerprint density at radius 1 is 0.169 bits per heavy atom. The summed E-state index contributed by atoms with van der Waals surface area (Å²) in [5.41, 5.74) is 0. The van der Waals surface area contributed by atoms with Crippen LogP contribution in [0.25, 0.3) is 0 Å². The van der Waals surface area contributed by atoms with E-state index in [1.54, 1.807) is 0 Å². The van der Waals surface area contributed by atoms with E-state index in [2.05, 4.69) is 0 Å². The highest BCUT2D eigenvalue weighted by atomic mass is 31.2. The second-order valence-corrected chi connectivity index (χ2v) is 24.3. The van der Waals surface area contributed by atoms with E-state index < -0.39 is 177 Å². The van der Waals surface area contributed by atoms with Gasteiger partial charge in [-0.25, -0.2) is 0 Å². The van der Waals surface area contributed by atoms with E-state index in [1.165, 1.54) is 0 Å². The van der Waals surface area contributed by atoms with Crippen LogP contribution < -0.4 is 171 Å². The van der Waals surface area contributed by atoms with Crippen LogP contribution >= 0.6 is 60.8 Å². The van der Waals surface area contributed by atoms with Crippen molar-refractivity contribution in [3.63, 3.8) is 0 Å². The number of hydrogen-bond donors (Lipinski definition) is 15. The van der Waals surface area contributed by atoms with Gasteiger partial charge in [0, 0.05) is 116 Å². The third-order valence-electron chi connectivity index (χ3n) is 6.65. The van der Waals surface area contributed by atoms with Crippen LogP contribution in [0.3, 0.4) is 0 Å². The normalized spacial score (nSPS) is 11.6. The number of rotatable bonds is 31. The third-order valence-corrected chi connectivity index (χ3v) is 12.6. The van der Waals surface area contributed by atoms with E-state index in [9.17, 15) is 115 Å². The first-order valence-electron chi connectivity index (χ1n) is 15.1. The van der Waals surface area contributed by atoms with Gasteiger partial charge in [-0.1, -0.05) is 60.8 Å². The average Bonchev–Trinajstić information content (AvgIpc) is 2.87. The van der Waals surface area contributed by atoms with Gasteiger partial charge in [0.2, 0.25) is 0 Å². The predicted molar refractivity (Wildman–Crippen MR) is 249 cm³/mol. The molecule has 0 aromatic heterocycles. The summed E-state index contributed by atoms with van der Waals surface area (Å²) in [6.45, 7) is -7.35. The zero-order valence-electron chi connectivity index (χ0n) is 43.8. The first-order chi connectivity index (χ1) is 24.7. The molecule has 0 aliphatic rings. The molecule has 71 heavy (non-hydrogen) atoms. The summed E-state index contributed by atoms with van der Waals surface area (Å²) in [5, 5.41) is 0. The predicted octanol–water partition coefficient (Wildman–Crippen LogP) is -8.59. The molecule has 0 radical (unpaired) electrons. The minimum atomic E-state index is -5.52. The van der Waals surface area contributed by atoms with E-state index in [4.69, 9.17) is 0 Å². The molecular weight excluding hydrogens is 1140 g/mol. The Bertz CT molecular complexity index is 1470. The standard InChI is InChI=1S/C18H52N6O24P8.15H3N/c25-49(26,27)11-19(3-5-21(13-51(31,32)33)7-9-23(15-53(37,38)39)16-54(40,41)42)1-2-20(12-50(28,29)30)4-6-22(14-52(34,35)36)8-10-24(17-55(43,44)45)18-56(46,47)48;;;;;;;;;;;;;;;/h1-18H2,(H2,25,26,27)(H2,28,29,30)(H2,31,32,33)(H2,34,35,36)(H2,37,38,39)(H2,40,41,42)(H2,43,44,45)(H2,46,47,48);15*1H3/p-1. The fraction of sp³-hybridized carbons (Fsp3) is 1.00. The third kappa shape index (κ3) is 77.0. The lowest BCUT2D eigenvalue weighted by atomic mass is 10.4. The van der Waals surface area contributed by atoms with Gasteiger partial charge < -0.3 is 207 Å². The van der Waals surface area contributed by atoms with Crippen molar-refractivity contribution in [1.82, 2.24) is 122 Å². The molecule has 0 unspecified atom stereocenters. The summed E-state index contributed by atoms with van der Waals surface area (Å²) in [4.78, 5) is 185. The van der Waals surface area contributed by atoms with Gasteiger partial charge in [-0.15, -0.1) is 0 Å². The van der Waals surface area contributed by atoms with Crippen molar-refractivity contribution in [2.75, 3.05) is 116 Å². The molecular formula is C18H96N21O24P8-. The minimum absolute atomic E-state index is 0. The molecule has 0 saturated carbocycles. The van der Waals surface area contributed by atoms with E-state index >= 15 is 0 Å². The molecule has 0 fully saturated rings. The van der Waals surface area contributed by atoms with Crippen LogP contribution in [0.15, 0.2) is 0 Å². The van der Waals surface area contributed by atoms with Gasteiger partial charge in [-0.3, -0.25) is 29.4 Å². The number of quaternary nitrogens is 15. The highest BCUT2D eigenvalue weighted by molar-refractivity contribution is 7.50.